The van der Waals surface area contributed by atoms with E-state index in [-0.39, 0.29) is 5.56 Å². The van der Waals surface area contributed by atoms with Crippen molar-refractivity contribution in [1.82, 2.24) is 4.98 Å². The van der Waals surface area contributed by atoms with Crippen LogP contribution in [0.4, 0.5) is 0 Å². The van der Waals surface area contributed by atoms with Gasteiger partial charge in [0.1, 0.15) is 5.01 Å². The van der Waals surface area contributed by atoms with Gasteiger partial charge in [0, 0.05) is 10.6 Å². The molecule has 3 aromatic rings. The Morgan fingerprint density at radius 1 is 1.21 bits per heavy atom. The second kappa shape index (κ2) is 4.64. The van der Waals surface area contributed by atoms with E-state index in [1.807, 2.05) is 12.1 Å². The van der Waals surface area contributed by atoms with Crippen molar-refractivity contribution in [1.29, 1.82) is 0 Å². The van der Waals surface area contributed by atoms with Crippen molar-refractivity contribution >= 4 is 39.1 Å². The van der Waals surface area contributed by atoms with Crippen molar-refractivity contribution in [3.8, 4) is 10.6 Å². The summed E-state index contributed by atoms with van der Waals surface area (Å²) in [7, 11) is 0. The van der Waals surface area contributed by atoms with E-state index in [4.69, 9.17) is 11.6 Å². The zero-order valence-electron chi connectivity index (χ0n) is 9.63. The maximum Gasteiger partial charge on any atom is 0.336 e. The van der Waals surface area contributed by atoms with Crippen LogP contribution in [-0.2, 0) is 0 Å². The largest absolute Gasteiger partial charge is 0.478 e. The number of hydrogen-bond acceptors (Lipinski definition) is 3. The molecule has 0 aliphatic rings. The molecule has 0 saturated carbocycles. The van der Waals surface area contributed by atoms with Gasteiger partial charge in [-0.05, 0) is 24.3 Å². The second-order valence-corrected chi connectivity index (χ2v) is 5.45. The molecule has 0 fully saturated rings. The standard InChI is InChI=1S/C14H8ClNO2S/c15-8-5-6-11-12(7-8)19-13(16-11)9-3-1-2-4-10(9)14(17)18/h1-7H,(H,17,18). The fourth-order valence-electron chi connectivity index (χ4n) is 1.87. The number of carboxylic acids is 1. The fourth-order valence-corrected chi connectivity index (χ4v) is 3.15. The molecule has 2 aromatic carbocycles. The number of thiazole rings is 1. The van der Waals surface area contributed by atoms with E-state index >= 15 is 0 Å². The maximum atomic E-state index is 11.2. The van der Waals surface area contributed by atoms with Crippen LogP contribution in [-0.4, -0.2) is 16.1 Å². The molecule has 3 nitrogen and oxygen atoms in total. The lowest BCUT2D eigenvalue weighted by molar-refractivity contribution is 0.0697. The number of aromatic nitrogens is 1. The van der Waals surface area contributed by atoms with Crippen LogP contribution in [0.5, 0.6) is 0 Å². The molecule has 0 amide bonds. The molecule has 5 heteroatoms. The first-order valence-electron chi connectivity index (χ1n) is 5.54. The molecule has 0 unspecified atom stereocenters. The number of hydrogen-bond donors (Lipinski definition) is 1. The van der Waals surface area contributed by atoms with E-state index in [9.17, 15) is 9.90 Å². The van der Waals surface area contributed by atoms with Crippen LogP contribution in [0.15, 0.2) is 42.5 Å². The van der Waals surface area contributed by atoms with Crippen LogP contribution in [0.1, 0.15) is 10.4 Å². The lowest BCUT2D eigenvalue weighted by atomic mass is 10.1. The molecule has 0 atom stereocenters. The lowest BCUT2D eigenvalue weighted by Crippen LogP contribution is -1.98. The molecule has 1 aromatic heterocycles. The smallest absolute Gasteiger partial charge is 0.336 e. The lowest BCUT2D eigenvalue weighted by Gasteiger charge is -2.01. The number of carbonyl (C=O) groups is 1. The van der Waals surface area contributed by atoms with Crippen molar-refractivity contribution < 1.29 is 9.90 Å². The predicted molar refractivity (Wildman–Crippen MR) is 77.0 cm³/mol. The topological polar surface area (TPSA) is 50.2 Å². The highest BCUT2D eigenvalue weighted by Gasteiger charge is 2.14. The third-order valence-electron chi connectivity index (χ3n) is 2.74. The van der Waals surface area contributed by atoms with Gasteiger partial charge in [-0.2, -0.15) is 0 Å². The Morgan fingerprint density at radius 3 is 2.79 bits per heavy atom. The predicted octanol–water partition coefficient (Wildman–Crippen LogP) is 4.31. The Labute approximate surface area is 118 Å². The first-order chi connectivity index (χ1) is 9.15. The highest BCUT2D eigenvalue weighted by Crippen LogP contribution is 2.33. The molecular weight excluding hydrogens is 282 g/mol. The number of nitrogens with zero attached hydrogens (tertiary/aromatic N) is 1. The molecule has 1 N–H and O–H groups in total. The summed E-state index contributed by atoms with van der Waals surface area (Å²) in [6.07, 6.45) is 0. The van der Waals surface area contributed by atoms with Crippen molar-refractivity contribution in [2.75, 3.05) is 0 Å². The monoisotopic (exact) mass is 289 g/mol. The van der Waals surface area contributed by atoms with E-state index < -0.39 is 5.97 Å². The first-order valence-corrected chi connectivity index (χ1v) is 6.73. The highest BCUT2D eigenvalue weighted by atomic mass is 35.5. The second-order valence-electron chi connectivity index (χ2n) is 3.98. The van der Waals surface area contributed by atoms with Gasteiger partial charge >= 0.3 is 5.97 Å². The number of carboxylic acid groups (broad SMARTS) is 1. The SMILES string of the molecule is O=C(O)c1ccccc1-c1nc2ccc(Cl)cc2s1. The molecule has 0 radical (unpaired) electrons. The van der Waals surface area contributed by atoms with E-state index in [2.05, 4.69) is 4.98 Å². The van der Waals surface area contributed by atoms with Crippen molar-refractivity contribution in [3.63, 3.8) is 0 Å². The number of benzene rings is 2. The van der Waals surface area contributed by atoms with Crippen LogP contribution in [0.25, 0.3) is 20.8 Å². The summed E-state index contributed by atoms with van der Waals surface area (Å²) < 4.78 is 0.947. The third-order valence-corrected chi connectivity index (χ3v) is 4.02. The Balaban J connectivity index is 2.22. The quantitative estimate of drug-likeness (QED) is 0.764. The van der Waals surface area contributed by atoms with E-state index in [1.54, 1.807) is 30.3 Å². The summed E-state index contributed by atoms with van der Waals surface area (Å²) in [4.78, 5) is 15.7. The minimum absolute atomic E-state index is 0.257. The molecule has 3 rings (SSSR count). The van der Waals surface area contributed by atoms with Crippen molar-refractivity contribution in [3.05, 3.63) is 53.1 Å². The van der Waals surface area contributed by atoms with Crippen LogP contribution in [0, 0.1) is 0 Å². The van der Waals surface area contributed by atoms with Gasteiger partial charge in [-0.15, -0.1) is 11.3 Å². The normalized spacial score (nSPS) is 10.8. The molecule has 0 aliphatic heterocycles. The summed E-state index contributed by atoms with van der Waals surface area (Å²) in [6.45, 7) is 0. The molecular formula is C14H8ClNO2S. The van der Waals surface area contributed by atoms with Gasteiger partial charge < -0.3 is 5.11 Å². The van der Waals surface area contributed by atoms with Crippen molar-refractivity contribution in [2.45, 2.75) is 0 Å². The van der Waals surface area contributed by atoms with Gasteiger partial charge in [0.25, 0.3) is 0 Å². The number of halogens is 1. The third kappa shape index (κ3) is 2.20. The summed E-state index contributed by atoms with van der Waals surface area (Å²) in [6, 6.07) is 12.3. The molecule has 0 spiro atoms. The number of rotatable bonds is 2. The summed E-state index contributed by atoms with van der Waals surface area (Å²) >= 11 is 7.38. The molecule has 0 aliphatic carbocycles. The minimum atomic E-state index is -0.951. The summed E-state index contributed by atoms with van der Waals surface area (Å²) in [5.41, 5.74) is 1.71. The highest BCUT2D eigenvalue weighted by molar-refractivity contribution is 7.21. The Morgan fingerprint density at radius 2 is 2.00 bits per heavy atom. The van der Waals surface area contributed by atoms with E-state index in [1.165, 1.54) is 11.3 Å². The van der Waals surface area contributed by atoms with Crippen LogP contribution >= 0.6 is 22.9 Å². The van der Waals surface area contributed by atoms with E-state index in [0.29, 0.717) is 15.6 Å². The zero-order chi connectivity index (χ0) is 13.4. The Hall–Kier alpha value is -1.91. The molecule has 0 saturated heterocycles. The average molecular weight is 290 g/mol. The zero-order valence-corrected chi connectivity index (χ0v) is 11.2. The average Bonchev–Trinajstić information content (AvgIpc) is 2.81. The van der Waals surface area contributed by atoms with Gasteiger partial charge in [0.2, 0.25) is 0 Å². The van der Waals surface area contributed by atoms with Gasteiger partial charge in [-0.25, -0.2) is 9.78 Å². The summed E-state index contributed by atoms with van der Waals surface area (Å²) in [5, 5.41) is 10.5. The van der Waals surface area contributed by atoms with Gasteiger partial charge in [-0.3, -0.25) is 0 Å². The minimum Gasteiger partial charge on any atom is -0.478 e. The number of aromatic carboxylic acids is 1. The van der Waals surface area contributed by atoms with Crippen LogP contribution in [0.3, 0.4) is 0 Å². The van der Waals surface area contributed by atoms with Gasteiger partial charge in [-0.1, -0.05) is 29.8 Å². The molecule has 19 heavy (non-hydrogen) atoms. The molecule has 0 bridgehead atoms. The van der Waals surface area contributed by atoms with Crippen LogP contribution < -0.4 is 0 Å². The maximum absolute atomic E-state index is 11.2. The molecule has 1 heterocycles. The molecule has 94 valence electrons. The van der Waals surface area contributed by atoms with E-state index in [0.717, 1.165) is 10.2 Å². The van der Waals surface area contributed by atoms with Gasteiger partial charge in [0.15, 0.2) is 0 Å². The van der Waals surface area contributed by atoms with Gasteiger partial charge in [0.05, 0.1) is 15.8 Å². The first kappa shape index (κ1) is 12.1. The Bertz CT molecular complexity index is 782. The van der Waals surface area contributed by atoms with Crippen molar-refractivity contribution in [2.24, 2.45) is 0 Å². The summed E-state index contributed by atoms with van der Waals surface area (Å²) in [5.74, 6) is -0.951. The fraction of sp³-hybridized carbons (Fsp3) is 0. The Kier molecular flexibility index (Phi) is 2.97. The number of fused-ring (bicyclic) bond motifs is 1. The van der Waals surface area contributed by atoms with Crippen LogP contribution in [0.2, 0.25) is 5.02 Å².